The minimum atomic E-state index is 0.854. The second kappa shape index (κ2) is 12.3. The van der Waals surface area contributed by atoms with Gasteiger partial charge in [0.2, 0.25) is 0 Å². The third-order valence-electron chi connectivity index (χ3n) is 1.91. The van der Waals surface area contributed by atoms with Crippen LogP contribution in [0, 0.1) is 5.92 Å². The molecule has 0 N–H and O–H groups in total. The van der Waals surface area contributed by atoms with Crippen molar-refractivity contribution in [3.05, 3.63) is 0 Å². The number of rotatable bonds is 6. The van der Waals surface area contributed by atoms with E-state index < -0.39 is 0 Å². The Balaban J connectivity index is 0. The standard InChI is InChI=1S/C9H21NS.C2H6/c1-5-7-9(3)8-10(6-2)11-4;1-2/h9H,5-8H2,1-4H3;1-2H3. The zero-order chi connectivity index (χ0) is 10.7. The molecule has 0 aromatic heterocycles. The van der Waals surface area contributed by atoms with Gasteiger partial charge in [0.1, 0.15) is 0 Å². The highest BCUT2D eigenvalue weighted by Gasteiger charge is 2.05. The normalized spacial score (nSPS) is 12.2. The summed E-state index contributed by atoms with van der Waals surface area (Å²) < 4.78 is 2.42. The second-order valence-corrected chi connectivity index (χ2v) is 3.94. The predicted octanol–water partition coefficient (Wildman–Crippen LogP) is 4.05. The Morgan fingerprint density at radius 3 is 2.08 bits per heavy atom. The first-order valence-corrected chi connectivity index (χ1v) is 6.71. The first-order chi connectivity index (χ1) is 6.24. The Morgan fingerprint density at radius 1 is 1.23 bits per heavy atom. The summed E-state index contributed by atoms with van der Waals surface area (Å²) in [6.45, 7) is 13.2. The van der Waals surface area contributed by atoms with Crippen molar-refractivity contribution in [1.29, 1.82) is 0 Å². The van der Waals surface area contributed by atoms with Gasteiger partial charge in [0, 0.05) is 13.1 Å². The maximum absolute atomic E-state index is 2.42. The van der Waals surface area contributed by atoms with Crippen molar-refractivity contribution < 1.29 is 0 Å². The van der Waals surface area contributed by atoms with Crippen LogP contribution in [0.3, 0.4) is 0 Å². The molecule has 82 valence electrons. The molecule has 0 heterocycles. The molecule has 13 heavy (non-hydrogen) atoms. The minimum Gasteiger partial charge on any atom is -0.251 e. The van der Waals surface area contributed by atoms with Crippen LogP contribution in [-0.2, 0) is 0 Å². The molecule has 1 unspecified atom stereocenters. The van der Waals surface area contributed by atoms with Crippen LogP contribution in [0.2, 0.25) is 0 Å². The van der Waals surface area contributed by atoms with Gasteiger partial charge in [-0.15, -0.1) is 0 Å². The summed E-state index contributed by atoms with van der Waals surface area (Å²) in [4.78, 5) is 0. The molecule has 2 heteroatoms. The van der Waals surface area contributed by atoms with E-state index in [1.54, 1.807) is 0 Å². The molecular weight excluding hydrogens is 178 g/mol. The summed E-state index contributed by atoms with van der Waals surface area (Å²) in [5, 5.41) is 0. The fraction of sp³-hybridized carbons (Fsp3) is 1.00. The van der Waals surface area contributed by atoms with Crippen LogP contribution in [0.5, 0.6) is 0 Å². The Morgan fingerprint density at radius 2 is 1.77 bits per heavy atom. The maximum atomic E-state index is 2.42. The van der Waals surface area contributed by atoms with Crippen molar-refractivity contribution in [2.24, 2.45) is 5.92 Å². The highest BCUT2D eigenvalue weighted by molar-refractivity contribution is 7.96. The molecule has 0 amide bonds. The molecule has 0 aromatic rings. The average Bonchev–Trinajstić information content (AvgIpc) is 2.18. The predicted molar refractivity (Wildman–Crippen MR) is 66.2 cm³/mol. The first kappa shape index (κ1) is 15.8. The Hall–Kier alpha value is 0.310. The van der Waals surface area contributed by atoms with Crippen LogP contribution in [0.1, 0.15) is 47.5 Å². The smallest absolute Gasteiger partial charge is 0.0115 e. The number of nitrogens with zero attached hydrogens (tertiary/aromatic N) is 1. The molecule has 0 aliphatic heterocycles. The lowest BCUT2D eigenvalue weighted by atomic mass is 10.1. The van der Waals surface area contributed by atoms with E-state index in [1.165, 1.54) is 19.4 Å². The van der Waals surface area contributed by atoms with E-state index in [-0.39, 0.29) is 0 Å². The zero-order valence-corrected chi connectivity index (χ0v) is 11.1. The van der Waals surface area contributed by atoms with Crippen LogP contribution in [0.4, 0.5) is 0 Å². The zero-order valence-electron chi connectivity index (χ0n) is 10.3. The number of hydrogen-bond donors (Lipinski definition) is 0. The van der Waals surface area contributed by atoms with Crippen LogP contribution in [0.15, 0.2) is 0 Å². The third-order valence-corrected chi connectivity index (χ3v) is 2.83. The van der Waals surface area contributed by atoms with E-state index in [1.807, 2.05) is 25.8 Å². The lowest BCUT2D eigenvalue weighted by Gasteiger charge is -2.20. The summed E-state index contributed by atoms with van der Waals surface area (Å²) in [5.41, 5.74) is 0. The Bertz CT molecular complexity index is 82.2. The molecule has 0 aromatic carbocycles. The number of hydrogen-bond acceptors (Lipinski definition) is 2. The Labute approximate surface area is 89.4 Å². The summed E-state index contributed by atoms with van der Waals surface area (Å²) in [6, 6.07) is 0. The second-order valence-electron chi connectivity index (χ2n) is 3.06. The SMILES string of the molecule is CC.CCCC(C)CN(CC)SC. The van der Waals surface area contributed by atoms with Gasteiger partial charge in [0.15, 0.2) is 0 Å². The fourth-order valence-electron chi connectivity index (χ4n) is 1.26. The lowest BCUT2D eigenvalue weighted by Crippen LogP contribution is -2.21. The highest BCUT2D eigenvalue weighted by atomic mass is 32.2. The summed E-state index contributed by atoms with van der Waals surface area (Å²) in [5.74, 6) is 0.854. The molecule has 1 nitrogen and oxygen atoms in total. The van der Waals surface area contributed by atoms with Gasteiger partial charge in [-0.25, -0.2) is 0 Å². The van der Waals surface area contributed by atoms with Gasteiger partial charge in [-0.05, 0) is 18.6 Å². The van der Waals surface area contributed by atoms with Crippen molar-refractivity contribution in [2.45, 2.75) is 47.5 Å². The van der Waals surface area contributed by atoms with Crippen LogP contribution in [0.25, 0.3) is 0 Å². The van der Waals surface area contributed by atoms with Gasteiger partial charge in [0.25, 0.3) is 0 Å². The van der Waals surface area contributed by atoms with E-state index in [0.717, 1.165) is 12.5 Å². The molecule has 0 radical (unpaired) electrons. The summed E-state index contributed by atoms with van der Waals surface area (Å²) >= 11 is 1.86. The van der Waals surface area contributed by atoms with Gasteiger partial charge in [-0.1, -0.05) is 53.0 Å². The lowest BCUT2D eigenvalue weighted by molar-refractivity contribution is 0.384. The van der Waals surface area contributed by atoms with Crippen molar-refractivity contribution >= 4 is 11.9 Å². The molecule has 0 saturated heterocycles. The first-order valence-electron chi connectivity index (χ1n) is 5.53. The molecule has 0 rings (SSSR count). The van der Waals surface area contributed by atoms with Crippen LogP contribution in [-0.4, -0.2) is 23.7 Å². The van der Waals surface area contributed by atoms with Crippen LogP contribution < -0.4 is 0 Å². The van der Waals surface area contributed by atoms with E-state index in [9.17, 15) is 0 Å². The molecule has 0 aliphatic carbocycles. The quantitative estimate of drug-likeness (QED) is 0.602. The van der Waals surface area contributed by atoms with Gasteiger partial charge < -0.3 is 0 Å². The highest BCUT2D eigenvalue weighted by Crippen LogP contribution is 2.12. The van der Waals surface area contributed by atoms with Crippen LogP contribution >= 0.6 is 11.9 Å². The monoisotopic (exact) mass is 205 g/mol. The van der Waals surface area contributed by atoms with E-state index >= 15 is 0 Å². The molecule has 0 bridgehead atoms. The molecule has 0 fully saturated rings. The topological polar surface area (TPSA) is 3.24 Å². The van der Waals surface area contributed by atoms with Gasteiger partial charge in [-0.3, -0.25) is 4.31 Å². The van der Waals surface area contributed by atoms with E-state index in [0.29, 0.717) is 0 Å². The van der Waals surface area contributed by atoms with E-state index in [4.69, 9.17) is 0 Å². The summed E-state index contributed by atoms with van der Waals surface area (Å²) in [6.07, 6.45) is 4.83. The minimum absolute atomic E-state index is 0.854. The molecular formula is C11H27NS. The van der Waals surface area contributed by atoms with Crippen molar-refractivity contribution in [3.8, 4) is 0 Å². The van der Waals surface area contributed by atoms with Crippen molar-refractivity contribution in [1.82, 2.24) is 4.31 Å². The average molecular weight is 205 g/mol. The largest absolute Gasteiger partial charge is 0.251 e. The Kier molecular flexibility index (Phi) is 14.9. The summed E-state index contributed by atoms with van der Waals surface area (Å²) in [7, 11) is 0. The fourth-order valence-corrected chi connectivity index (χ4v) is 1.93. The third kappa shape index (κ3) is 10.2. The molecule has 1 atom stereocenters. The molecule has 0 saturated carbocycles. The van der Waals surface area contributed by atoms with Crippen molar-refractivity contribution in [2.75, 3.05) is 19.3 Å². The maximum Gasteiger partial charge on any atom is 0.0115 e. The molecule has 0 spiro atoms. The molecule has 0 aliphatic rings. The van der Waals surface area contributed by atoms with Gasteiger partial charge in [-0.2, -0.15) is 0 Å². The van der Waals surface area contributed by atoms with Crippen molar-refractivity contribution in [3.63, 3.8) is 0 Å². The van der Waals surface area contributed by atoms with Gasteiger partial charge in [0.05, 0.1) is 0 Å². The van der Waals surface area contributed by atoms with Gasteiger partial charge >= 0.3 is 0 Å². The van der Waals surface area contributed by atoms with E-state index in [2.05, 4.69) is 31.3 Å².